The number of amides is 2. The second-order valence-electron chi connectivity index (χ2n) is 8.93. The van der Waals surface area contributed by atoms with Crippen LogP contribution in [0.1, 0.15) is 37.6 Å². The predicted molar refractivity (Wildman–Crippen MR) is 134 cm³/mol. The monoisotopic (exact) mass is 494 g/mol. The molecule has 0 aliphatic carbocycles. The summed E-state index contributed by atoms with van der Waals surface area (Å²) in [5.41, 5.74) is -0.243. The third kappa shape index (κ3) is 4.90. The maximum absolute atomic E-state index is 13.4. The molecule has 0 atom stereocenters. The van der Waals surface area contributed by atoms with Gasteiger partial charge in [-0.3, -0.25) is 19.0 Å². The summed E-state index contributed by atoms with van der Waals surface area (Å²) in [4.78, 5) is 51.8. The molecule has 0 spiro atoms. The van der Waals surface area contributed by atoms with Gasteiger partial charge in [0.1, 0.15) is 12.4 Å². The first-order chi connectivity index (χ1) is 17.2. The normalized spacial score (nSPS) is 11.4. The molecule has 36 heavy (non-hydrogen) atoms. The van der Waals surface area contributed by atoms with Crippen LogP contribution in [0.2, 0.25) is 0 Å². The fraction of sp³-hybridized carbons (Fsp3) is 0.320. The van der Waals surface area contributed by atoms with Gasteiger partial charge in [0.15, 0.2) is 0 Å². The molecule has 2 aromatic heterocycles. The van der Waals surface area contributed by atoms with Crippen LogP contribution in [0.3, 0.4) is 0 Å². The minimum Gasteiger partial charge on any atom is -0.352 e. The first-order valence-corrected chi connectivity index (χ1v) is 11.7. The number of benzene rings is 2. The molecule has 2 amide bonds. The van der Waals surface area contributed by atoms with Crippen LogP contribution < -0.4 is 21.9 Å². The molecule has 2 aromatic carbocycles. The number of nitrogens with zero attached hydrogens (tertiary/aromatic N) is 4. The summed E-state index contributed by atoms with van der Waals surface area (Å²) in [5, 5.41) is 9.87. The number of hydrogen-bond donors (Lipinski definition) is 2. The zero-order chi connectivity index (χ0) is 26.0. The van der Waals surface area contributed by atoms with Gasteiger partial charge in [0, 0.05) is 24.3 Å². The summed E-state index contributed by atoms with van der Waals surface area (Å²) in [6.45, 7) is 6.16. The van der Waals surface area contributed by atoms with Crippen molar-refractivity contribution in [3.05, 3.63) is 74.7 Å². The highest BCUT2D eigenvalue weighted by Crippen LogP contribution is 2.15. The van der Waals surface area contributed by atoms with Crippen molar-refractivity contribution in [3.8, 4) is 0 Å². The Labute approximate surface area is 205 Å². The molecule has 0 bridgehead atoms. The Kier molecular flexibility index (Phi) is 7.00. The Balaban J connectivity index is 1.80. The van der Waals surface area contributed by atoms with Crippen molar-refractivity contribution in [2.45, 2.75) is 40.3 Å². The number of hydrogen-bond acceptors (Lipinski definition) is 5. The summed E-state index contributed by atoms with van der Waals surface area (Å²) < 4.78 is 17.0. The SMILES string of the molecule is CCCn1c(=O)c2ccc(C(=O)NCC(C)C)cc2n2c(=O)n(CC(=O)Nc3cccc(F)c3)nc12. The predicted octanol–water partition coefficient (Wildman–Crippen LogP) is 2.38. The molecule has 0 aliphatic heterocycles. The van der Waals surface area contributed by atoms with E-state index >= 15 is 0 Å². The van der Waals surface area contributed by atoms with Crippen molar-refractivity contribution in [2.24, 2.45) is 5.92 Å². The van der Waals surface area contributed by atoms with Gasteiger partial charge in [-0.25, -0.2) is 18.3 Å². The summed E-state index contributed by atoms with van der Waals surface area (Å²) >= 11 is 0. The molecule has 188 valence electrons. The highest BCUT2D eigenvalue weighted by molar-refractivity contribution is 5.98. The van der Waals surface area contributed by atoms with Gasteiger partial charge in [0.2, 0.25) is 11.7 Å². The van der Waals surface area contributed by atoms with Crippen LogP contribution in [0.15, 0.2) is 52.1 Å². The molecule has 0 radical (unpaired) electrons. The van der Waals surface area contributed by atoms with Crippen molar-refractivity contribution in [2.75, 3.05) is 11.9 Å². The summed E-state index contributed by atoms with van der Waals surface area (Å²) in [6, 6.07) is 9.92. The molecule has 0 fully saturated rings. The zero-order valence-electron chi connectivity index (χ0n) is 20.2. The number of rotatable bonds is 8. The van der Waals surface area contributed by atoms with Gasteiger partial charge in [0.25, 0.3) is 11.5 Å². The van der Waals surface area contributed by atoms with Crippen LogP contribution in [0.4, 0.5) is 10.1 Å². The highest BCUT2D eigenvalue weighted by Gasteiger charge is 2.20. The van der Waals surface area contributed by atoms with Crippen LogP contribution in [-0.2, 0) is 17.9 Å². The second kappa shape index (κ2) is 10.1. The van der Waals surface area contributed by atoms with Crippen molar-refractivity contribution >= 4 is 34.2 Å². The van der Waals surface area contributed by atoms with Crippen LogP contribution >= 0.6 is 0 Å². The average Bonchev–Trinajstić information content (AvgIpc) is 3.15. The van der Waals surface area contributed by atoms with E-state index in [1.54, 1.807) is 6.07 Å². The summed E-state index contributed by atoms with van der Waals surface area (Å²) in [6.07, 6.45) is 0.609. The quantitative estimate of drug-likeness (QED) is 0.390. The van der Waals surface area contributed by atoms with Crippen LogP contribution in [0.5, 0.6) is 0 Å². The van der Waals surface area contributed by atoms with E-state index in [4.69, 9.17) is 0 Å². The number of aryl methyl sites for hydroxylation is 1. The lowest BCUT2D eigenvalue weighted by Crippen LogP contribution is -2.30. The number of aromatic nitrogens is 4. The summed E-state index contributed by atoms with van der Waals surface area (Å²) in [5.74, 6) is -1.11. The van der Waals surface area contributed by atoms with Gasteiger partial charge in [-0.15, -0.1) is 5.10 Å². The van der Waals surface area contributed by atoms with E-state index in [0.717, 1.165) is 10.7 Å². The maximum Gasteiger partial charge on any atom is 0.352 e. The second-order valence-corrected chi connectivity index (χ2v) is 8.93. The number of halogens is 1. The maximum atomic E-state index is 13.4. The van der Waals surface area contributed by atoms with Crippen molar-refractivity contribution in [3.63, 3.8) is 0 Å². The van der Waals surface area contributed by atoms with Gasteiger partial charge in [0.05, 0.1) is 10.9 Å². The Bertz CT molecular complexity index is 1580. The van der Waals surface area contributed by atoms with Crippen LogP contribution in [0, 0.1) is 11.7 Å². The molecule has 4 aromatic rings. The van der Waals surface area contributed by atoms with Crippen molar-refractivity contribution in [1.82, 2.24) is 24.1 Å². The van der Waals surface area contributed by atoms with Gasteiger partial charge < -0.3 is 10.6 Å². The Morgan fingerprint density at radius 3 is 2.58 bits per heavy atom. The Hall–Kier alpha value is -4.28. The van der Waals surface area contributed by atoms with E-state index in [2.05, 4.69) is 15.7 Å². The van der Waals surface area contributed by atoms with E-state index in [1.807, 2.05) is 20.8 Å². The van der Waals surface area contributed by atoms with Gasteiger partial charge in [-0.2, -0.15) is 0 Å². The third-order valence-electron chi connectivity index (χ3n) is 5.56. The first kappa shape index (κ1) is 24.8. The number of carbonyl (C=O) groups excluding carboxylic acids is 2. The first-order valence-electron chi connectivity index (χ1n) is 11.7. The van der Waals surface area contributed by atoms with E-state index in [0.29, 0.717) is 25.1 Å². The van der Waals surface area contributed by atoms with E-state index in [-0.39, 0.29) is 39.8 Å². The van der Waals surface area contributed by atoms with Gasteiger partial charge in [-0.05, 0) is 48.7 Å². The Morgan fingerprint density at radius 2 is 1.89 bits per heavy atom. The lowest BCUT2D eigenvalue weighted by molar-refractivity contribution is -0.117. The van der Waals surface area contributed by atoms with Crippen molar-refractivity contribution in [1.29, 1.82) is 0 Å². The molecule has 0 unspecified atom stereocenters. The standard InChI is InChI=1S/C25H27FN6O4/c1-4-10-30-23(35)19-9-8-16(22(34)27-13-15(2)3)11-20(19)32-24(30)29-31(25(32)36)14-21(33)28-18-7-5-6-17(26)12-18/h5-9,11-12,15H,4,10,13-14H2,1-3H3,(H,27,34)(H,28,33). The van der Waals surface area contributed by atoms with Crippen LogP contribution in [-0.4, -0.2) is 37.1 Å². The van der Waals surface area contributed by atoms with E-state index in [1.165, 1.54) is 39.3 Å². The number of fused-ring (bicyclic) bond motifs is 3. The molecule has 10 nitrogen and oxygen atoms in total. The smallest absolute Gasteiger partial charge is 0.352 e. The molecule has 0 aliphatic rings. The molecule has 4 rings (SSSR count). The molecule has 0 saturated heterocycles. The lowest BCUT2D eigenvalue weighted by Gasteiger charge is -2.11. The molecule has 2 N–H and O–H groups in total. The molecular weight excluding hydrogens is 467 g/mol. The van der Waals surface area contributed by atoms with Gasteiger partial charge in [-0.1, -0.05) is 26.8 Å². The number of anilines is 1. The molecule has 11 heteroatoms. The minimum absolute atomic E-state index is 0.0673. The van der Waals surface area contributed by atoms with Gasteiger partial charge >= 0.3 is 5.69 Å². The fourth-order valence-electron chi connectivity index (χ4n) is 3.89. The summed E-state index contributed by atoms with van der Waals surface area (Å²) in [7, 11) is 0. The van der Waals surface area contributed by atoms with Crippen LogP contribution in [0.25, 0.3) is 16.7 Å². The molecule has 0 saturated carbocycles. The largest absolute Gasteiger partial charge is 0.352 e. The topological polar surface area (TPSA) is 120 Å². The third-order valence-corrected chi connectivity index (χ3v) is 5.56. The Morgan fingerprint density at radius 1 is 1.11 bits per heavy atom. The lowest BCUT2D eigenvalue weighted by atomic mass is 10.1. The fourth-order valence-corrected chi connectivity index (χ4v) is 3.89. The van der Waals surface area contributed by atoms with E-state index < -0.39 is 24.0 Å². The van der Waals surface area contributed by atoms with E-state index in [9.17, 15) is 23.6 Å². The number of carbonyl (C=O) groups is 2. The molecular formula is C25H27FN6O4. The van der Waals surface area contributed by atoms with Crippen molar-refractivity contribution < 1.29 is 14.0 Å². The minimum atomic E-state index is -0.644. The highest BCUT2D eigenvalue weighted by atomic mass is 19.1. The average molecular weight is 495 g/mol. The molecule has 2 heterocycles. The zero-order valence-corrected chi connectivity index (χ0v) is 20.2. The number of nitrogens with one attached hydrogen (secondary N) is 2.